The van der Waals surface area contributed by atoms with Gasteiger partial charge in [0.1, 0.15) is 28.5 Å². The van der Waals surface area contributed by atoms with E-state index in [1.54, 1.807) is 23.6 Å². The van der Waals surface area contributed by atoms with Crippen molar-refractivity contribution in [3.05, 3.63) is 97.6 Å². The van der Waals surface area contributed by atoms with Gasteiger partial charge in [0, 0.05) is 17.7 Å². The van der Waals surface area contributed by atoms with Crippen molar-refractivity contribution in [2.75, 3.05) is 0 Å². The molecular formula is C27H26BrFN4O2. The van der Waals surface area contributed by atoms with Gasteiger partial charge in [-0.2, -0.15) is 4.98 Å². The van der Waals surface area contributed by atoms with Gasteiger partial charge in [-0.3, -0.25) is 9.36 Å². The maximum Gasteiger partial charge on any atom is 0.276 e. The summed E-state index contributed by atoms with van der Waals surface area (Å²) in [5, 5.41) is 0. The Hall–Kier alpha value is -3.39. The van der Waals surface area contributed by atoms with Gasteiger partial charge in [0.15, 0.2) is 0 Å². The van der Waals surface area contributed by atoms with E-state index in [4.69, 9.17) is 9.72 Å². The van der Waals surface area contributed by atoms with Crippen LogP contribution in [0.1, 0.15) is 48.1 Å². The molecule has 8 heteroatoms. The van der Waals surface area contributed by atoms with Crippen molar-refractivity contribution >= 4 is 15.9 Å². The Morgan fingerprint density at radius 1 is 1.03 bits per heavy atom. The molecule has 180 valence electrons. The molecule has 35 heavy (non-hydrogen) atoms. The molecule has 2 aromatic carbocycles. The normalized spacial score (nSPS) is 11.2. The molecule has 0 atom stereocenters. The quantitative estimate of drug-likeness (QED) is 0.292. The van der Waals surface area contributed by atoms with E-state index in [0.717, 1.165) is 33.8 Å². The van der Waals surface area contributed by atoms with E-state index < -0.39 is 0 Å². The molecule has 0 aliphatic rings. The van der Waals surface area contributed by atoms with E-state index in [9.17, 15) is 9.18 Å². The molecule has 0 spiro atoms. The molecule has 0 saturated heterocycles. The highest BCUT2D eigenvalue weighted by atomic mass is 79.9. The van der Waals surface area contributed by atoms with Crippen molar-refractivity contribution in [2.45, 2.75) is 47.1 Å². The minimum absolute atomic E-state index is 0.161. The average molecular weight is 537 g/mol. The first-order chi connectivity index (χ1) is 16.7. The first-order valence-corrected chi connectivity index (χ1v) is 12.1. The minimum atomic E-state index is -0.318. The van der Waals surface area contributed by atoms with Gasteiger partial charge >= 0.3 is 0 Å². The van der Waals surface area contributed by atoms with Crippen LogP contribution in [0, 0.1) is 26.6 Å². The summed E-state index contributed by atoms with van der Waals surface area (Å²) in [6.07, 6.45) is 1.83. The van der Waals surface area contributed by atoms with Crippen LogP contribution in [-0.2, 0) is 6.61 Å². The Kier molecular flexibility index (Phi) is 7.12. The third-order valence-corrected chi connectivity index (χ3v) is 6.36. The molecule has 0 saturated carbocycles. The second-order valence-electron chi connectivity index (χ2n) is 8.75. The van der Waals surface area contributed by atoms with Gasteiger partial charge in [-0.1, -0.05) is 38.1 Å². The minimum Gasteiger partial charge on any atom is -0.472 e. The first-order valence-electron chi connectivity index (χ1n) is 11.3. The predicted octanol–water partition coefficient (Wildman–Crippen LogP) is 6.22. The summed E-state index contributed by atoms with van der Waals surface area (Å²) in [6.45, 7) is 9.96. The van der Waals surface area contributed by atoms with Crippen LogP contribution in [-0.4, -0.2) is 19.5 Å². The molecule has 0 unspecified atom stereocenters. The largest absolute Gasteiger partial charge is 0.472 e. The van der Waals surface area contributed by atoms with Gasteiger partial charge in [0.2, 0.25) is 5.88 Å². The summed E-state index contributed by atoms with van der Waals surface area (Å²) in [7, 11) is 0. The van der Waals surface area contributed by atoms with Crippen molar-refractivity contribution in [2.24, 2.45) is 0 Å². The maximum atomic E-state index is 13.4. The molecule has 0 fully saturated rings. The number of ether oxygens (including phenoxy) is 1. The number of hydrogen-bond donors (Lipinski definition) is 0. The van der Waals surface area contributed by atoms with Gasteiger partial charge in [-0.15, -0.1) is 0 Å². The molecule has 0 aliphatic heterocycles. The van der Waals surface area contributed by atoms with E-state index in [1.807, 2.05) is 38.2 Å². The standard InChI is InChI=1S/C27H26BrFN4O2/c1-15(2)25-30-13-17(4)24(32-25)20-9-6-16(3)22(12-20)33-18(5)31-26(23(28)27(33)34)35-14-19-7-10-21(29)11-8-19/h6-13,15H,14H2,1-5H3. The van der Waals surface area contributed by atoms with E-state index in [1.165, 1.54) is 12.1 Å². The lowest BCUT2D eigenvalue weighted by atomic mass is 10.0. The molecule has 2 aromatic heterocycles. The number of nitrogens with zero attached hydrogens (tertiary/aromatic N) is 4. The highest BCUT2D eigenvalue weighted by Gasteiger charge is 2.18. The van der Waals surface area contributed by atoms with Gasteiger partial charge in [0.25, 0.3) is 5.56 Å². The zero-order valence-corrected chi connectivity index (χ0v) is 21.9. The lowest BCUT2D eigenvalue weighted by Crippen LogP contribution is -2.24. The van der Waals surface area contributed by atoms with Crippen molar-refractivity contribution in [3.8, 4) is 22.8 Å². The summed E-state index contributed by atoms with van der Waals surface area (Å²) in [5.74, 6) is 1.33. The molecule has 2 heterocycles. The Morgan fingerprint density at radius 2 is 1.74 bits per heavy atom. The van der Waals surface area contributed by atoms with Crippen LogP contribution in [0.2, 0.25) is 0 Å². The second kappa shape index (κ2) is 10.1. The number of rotatable bonds is 6. The Balaban J connectivity index is 1.74. The summed E-state index contributed by atoms with van der Waals surface area (Å²) in [4.78, 5) is 27.1. The lowest BCUT2D eigenvalue weighted by Gasteiger charge is -2.17. The lowest BCUT2D eigenvalue weighted by molar-refractivity contribution is 0.289. The van der Waals surface area contributed by atoms with Crippen molar-refractivity contribution < 1.29 is 9.13 Å². The van der Waals surface area contributed by atoms with E-state index in [0.29, 0.717) is 11.5 Å². The number of halogens is 2. The van der Waals surface area contributed by atoms with Gasteiger partial charge in [-0.05, 0) is 71.6 Å². The SMILES string of the molecule is Cc1ccc(-c2nc(C(C)C)ncc2C)cc1-n1c(C)nc(OCc2ccc(F)cc2)c(Br)c1=O. The second-order valence-corrected chi connectivity index (χ2v) is 9.54. The van der Waals surface area contributed by atoms with E-state index in [-0.39, 0.29) is 34.3 Å². The van der Waals surface area contributed by atoms with Gasteiger partial charge in [0.05, 0.1) is 11.4 Å². The van der Waals surface area contributed by atoms with Gasteiger partial charge in [-0.25, -0.2) is 14.4 Å². The highest BCUT2D eigenvalue weighted by Crippen LogP contribution is 2.28. The van der Waals surface area contributed by atoms with Gasteiger partial charge < -0.3 is 4.74 Å². The van der Waals surface area contributed by atoms with E-state index >= 15 is 0 Å². The number of aryl methyl sites for hydroxylation is 3. The smallest absolute Gasteiger partial charge is 0.276 e. The van der Waals surface area contributed by atoms with Crippen LogP contribution in [0.3, 0.4) is 0 Å². The zero-order valence-electron chi connectivity index (χ0n) is 20.3. The van der Waals surface area contributed by atoms with Crippen LogP contribution in [0.25, 0.3) is 16.9 Å². The summed E-state index contributed by atoms with van der Waals surface area (Å²) in [5.41, 5.74) is 4.81. The van der Waals surface area contributed by atoms with Crippen LogP contribution in [0.5, 0.6) is 5.88 Å². The third-order valence-electron chi connectivity index (χ3n) is 5.68. The van der Waals surface area contributed by atoms with E-state index in [2.05, 4.69) is 39.7 Å². The summed E-state index contributed by atoms with van der Waals surface area (Å²) >= 11 is 3.37. The monoisotopic (exact) mass is 536 g/mol. The Morgan fingerprint density at radius 3 is 2.43 bits per heavy atom. The topological polar surface area (TPSA) is 69.9 Å². The number of hydrogen-bond acceptors (Lipinski definition) is 5. The molecule has 4 rings (SSSR count). The van der Waals surface area contributed by atoms with Crippen molar-refractivity contribution in [3.63, 3.8) is 0 Å². The molecule has 0 N–H and O–H groups in total. The van der Waals surface area contributed by atoms with Crippen LogP contribution >= 0.6 is 15.9 Å². The third kappa shape index (κ3) is 5.17. The summed E-state index contributed by atoms with van der Waals surface area (Å²) < 4.78 is 20.7. The van der Waals surface area contributed by atoms with Crippen molar-refractivity contribution in [1.29, 1.82) is 0 Å². The molecule has 0 amide bonds. The fourth-order valence-corrected chi connectivity index (χ4v) is 4.10. The van der Waals surface area contributed by atoms with Crippen LogP contribution in [0.4, 0.5) is 4.39 Å². The molecule has 4 aromatic rings. The fourth-order valence-electron chi connectivity index (χ4n) is 3.72. The number of benzene rings is 2. The first kappa shape index (κ1) is 24.7. The Bertz CT molecular complexity index is 1450. The number of aromatic nitrogens is 4. The Labute approximate surface area is 212 Å². The molecule has 0 bridgehead atoms. The average Bonchev–Trinajstić information content (AvgIpc) is 2.83. The maximum absolute atomic E-state index is 13.4. The molecule has 0 radical (unpaired) electrons. The molecule has 6 nitrogen and oxygen atoms in total. The summed E-state index contributed by atoms with van der Waals surface area (Å²) in [6, 6.07) is 11.9. The van der Waals surface area contributed by atoms with Crippen LogP contribution in [0.15, 0.2) is 57.9 Å². The van der Waals surface area contributed by atoms with Crippen molar-refractivity contribution in [1.82, 2.24) is 19.5 Å². The molecule has 0 aliphatic carbocycles. The predicted molar refractivity (Wildman–Crippen MR) is 138 cm³/mol. The molecular weight excluding hydrogens is 511 g/mol. The van der Waals surface area contributed by atoms with Crippen LogP contribution < -0.4 is 10.3 Å². The fraction of sp³-hybridized carbons (Fsp3) is 0.259. The zero-order chi connectivity index (χ0) is 25.3. The highest BCUT2D eigenvalue weighted by molar-refractivity contribution is 9.10.